The first-order valence-corrected chi connectivity index (χ1v) is 5.94. The van der Waals surface area contributed by atoms with Crippen LogP contribution in [0.5, 0.6) is 0 Å². The van der Waals surface area contributed by atoms with E-state index in [1.165, 1.54) is 17.7 Å². The van der Waals surface area contributed by atoms with Crippen LogP contribution in [0.25, 0.3) is 0 Å². The maximum atomic E-state index is 6.16. The lowest BCUT2D eigenvalue weighted by atomic mass is 9.96. The van der Waals surface area contributed by atoms with Crippen LogP contribution in [-0.4, -0.2) is 18.6 Å². The maximum absolute atomic E-state index is 6.16. The number of halogens is 1. The Bertz CT molecular complexity index is 391. The van der Waals surface area contributed by atoms with Crippen LogP contribution in [0.2, 0.25) is 5.02 Å². The van der Waals surface area contributed by atoms with Crippen molar-refractivity contribution in [1.29, 1.82) is 0 Å². The molecule has 2 heterocycles. The van der Waals surface area contributed by atoms with Crippen molar-refractivity contribution in [2.75, 3.05) is 11.4 Å². The van der Waals surface area contributed by atoms with Gasteiger partial charge in [0.05, 0.1) is 0 Å². The zero-order valence-corrected chi connectivity index (χ0v) is 9.37. The van der Waals surface area contributed by atoms with E-state index in [0.717, 1.165) is 24.4 Å². The summed E-state index contributed by atoms with van der Waals surface area (Å²) in [6.07, 6.45) is 3.44. The minimum Gasteiger partial charge on any atom is -0.366 e. The maximum Gasteiger partial charge on any atom is 0.0482 e. The highest BCUT2D eigenvalue weighted by Crippen LogP contribution is 2.37. The van der Waals surface area contributed by atoms with Gasteiger partial charge in [-0.15, -0.1) is 0 Å². The van der Waals surface area contributed by atoms with Gasteiger partial charge in [0, 0.05) is 29.3 Å². The molecule has 2 atom stereocenters. The van der Waals surface area contributed by atoms with E-state index in [1.807, 2.05) is 6.07 Å². The van der Waals surface area contributed by atoms with Gasteiger partial charge >= 0.3 is 0 Å². The molecule has 15 heavy (non-hydrogen) atoms. The molecule has 0 radical (unpaired) electrons. The van der Waals surface area contributed by atoms with Gasteiger partial charge in [-0.1, -0.05) is 17.7 Å². The summed E-state index contributed by atoms with van der Waals surface area (Å²) < 4.78 is 0. The molecule has 0 amide bonds. The second kappa shape index (κ2) is 3.39. The molecule has 0 bridgehead atoms. The number of rotatable bonds is 0. The van der Waals surface area contributed by atoms with E-state index >= 15 is 0 Å². The molecule has 0 spiro atoms. The summed E-state index contributed by atoms with van der Waals surface area (Å²) in [6, 6.07) is 7.03. The van der Waals surface area contributed by atoms with Crippen molar-refractivity contribution in [2.24, 2.45) is 5.73 Å². The summed E-state index contributed by atoms with van der Waals surface area (Å²) in [7, 11) is 0. The molecular formula is C12H15ClN2. The minimum atomic E-state index is 0.324. The van der Waals surface area contributed by atoms with Crippen molar-refractivity contribution in [1.82, 2.24) is 0 Å². The van der Waals surface area contributed by atoms with E-state index in [0.29, 0.717) is 12.1 Å². The Morgan fingerprint density at radius 1 is 1.40 bits per heavy atom. The van der Waals surface area contributed by atoms with Crippen molar-refractivity contribution < 1.29 is 0 Å². The summed E-state index contributed by atoms with van der Waals surface area (Å²) >= 11 is 6.03. The summed E-state index contributed by atoms with van der Waals surface area (Å²) in [6.45, 7) is 1.13. The van der Waals surface area contributed by atoms with Crippen LogP contribution in [0.1, 0.15) is 18.4 Å². The number of hydrogen-bond acceptors (Lipinski definition) is 2. The normalized spacial score (nSPS) is 28.8. The molecule has 1 aromatic rings. The van der Waals surface area contributed by atoms with Crippen LogP contribution in [0, 0.1) is 0 Å². The van der Waals surface area contributed by atoms with Crippen LogP contribution >= 0.6 is 11.6 Å². The molecule has 2 nitrogen and oxygen atoms in total. The van der Waals surface area contributed by atoms with E-state index in [-0.39, 0.29) is 0 Å². The molecule has 1 saturated heterocycles. The number of anilines is 1. The molecular weight excluding hydrogens is 208 g/mol. The zero-order chi connectivity index (χ0) is 10.4. The highest BCUT2D eigenvalue weighted by atomic mass is 35.5. The van der Waals surface area contributed by atoms with Crippen molar-refractivity contribution in [3.05, 3.63) is 28.8 Å². The molecule has 3 heteroatoms. The lowest BCUT2D eigenvalue weighted by molar-refractivity contribution is 0.415. The predicted molar refractivity (Wildman–Crippen MR) is 63.5 cm³/mol. The van der Waals surface area contributed by atoms with Crippen LogP contribution in [0.15, 0.2) is 18.2 Å². The van der Waals surface area contributed by atoms with Gasteiger partial charge in [0.1, 0.15) is 0 Å². The molecule has 2 aliphatic heterocycles. The van der Waals surface area contributed by atoms with Crippen LogP contribution < -0.4 is 10.6 Å². The number of nitrogens with two attached hydrogens (primary N) is 1. The van der Waals surface area contributed by atoms with Gasteiger partial charge in [0.2, 0.25) is 0 Å². The van der Waals surface area contributed by atoms with Crippen LogP contribution in [-0.2, 0) is 6.42 Å². The average molecular weight is 223 g/mol. The Hall–Kier alpha value is -0.730. The molecule has 1 fully saturated rings. The molecule has 80 valence electrons. The highest BCUT2D eigenvalue weighted by molar-refractivity contribution is 6.30. The molecule has 0 aliphatic carbocycles. The fraction of sp³-hybridized carbons (Fsp3) is 0.500. The third kappa shape index (κ3) is 1.44. The van der Waals surface area contributed by atoms with Crippen LogP contribution in [0.3, 0.4) is 0 Å². The van der Waals surface area contributed by atoms with Gasteiger partial charge in [0.15, 0.2) is 0 Å². The van der Waals surface area contributed by atoms with E-state index < -0.39 is 0 Å². The third-order valence-electron chi connectivity index (χ3n) is 3.62. The van der Waals surface area contributed by atoms with Crippen LogP contribution in [0.4, 0.5) is 5.69 Å². The quantitative estimate of drug-likeness (QED) is 0.729. The third-order valence-corrected chi connectivity index (χ3v) is 3.85. The summed E-state index contributed by atoms with van der Waals surface area (Å²) in [5.74, 6) is 0. The second-order valence-electron chi connectivity index (χ2n) is 4.54. The topological polar surface area (TPSA) is 29.3 Å². The largest absolute Gasteiger partial charge is 0.366 e. The number of hydrogen-bond donors (Lipinski definition) is 1. The Kier molecular flexibility index (Phi) is 2.15. The Morgan fingerprint density at radius 2 is 2.27 bits per heavy atom. The van der Waals surface area contributed by atoms with Gasteiger partial charge in [0.25, 0.3) is 0 Å². The highest BCUT2D eigenvalue weighted by Gasteiger charge is 2.35. The smallest absolute Gasteiger partial charge is 0.0482 e. The molecule has 3 rings (SSSR count). The first-order chi connectivity index (χ1) is 7.25. The second-order valence-corrected chi connectivity index (χ2v) is 4.98. The average Bonchev–Trinajstić information content (AvgIpc) is 2.58. The SMILES string of the molecule is NC1CCCN2c3cc(Cl)ccc3CC12. The van der Waals surface area contributed by atoms with Crippen molar-refractivity contribution in [3.63, 3.8) is 0 Å². The van der Waals surface area contributed by atoms with Crippen molar-refractivity contribution >= 4 is 17.3 Å². The van der Waals surface area contributed by atoms with Gasteiger partial charge in [-0.2, -0.15) is 0 Å². The molecule has 2 N–H and O–H groups in total. The summed E-state index contributed by atoms with van der Waals surface area (Å²) in [5, 5.41) is 0.827. The van der Waals surface area contributed by atoms with Crippen molar-refractivity contribution in [2.45, 2.75) is 31.3 Å². The number of benzene rings is 1. The zero-order valence-electron chi connectivity index (χ0n) is 8.62. The molecule has 2 aliphatic rings. The standard InChI is InChI=1S/C12H15ClN2/c13-9-4-3-8-6-12-10(14)2-1-5-15(12)11(8)7-9/h3-4,7,10,12H,1-2,5-6,14H2. The van der Waals surface area contributed by atoms with Gasteiger partial charge in [-0.25, -0.2) is 0 Å². The van der Waals surface area contributed by atoms with Gasteiger partial charge < -0.3 is 10.6 Å². The van der Waals surface area contributed by atoms with E-state index in [1.54, 1.807) is 0 Å². The monoisotopic (exact) mass is 222 g/mol. The molecule has 0 aromatic heterocycles. The Morgan fingerprint density at radius 3 is 3.13 bits per heavy atom. The first-order valence-electron chi connectivity index (χ1n) is 5.56. The van der Waals surface area contributed by atoms with E-state index in [9.17, 15) is 0 Å². The first kappa shape index (κ1) is 9.49. The number of fused-ring (bicyclic) bond motifs is 3. The number of piperidine rings is 1. The molecule has 0 saturated carbocycles. The van der Waals surface area contributed by atoms with Gasteiger partial charge in [-0.3, -0.25) is 0 Å². The van der Waals surface area contributed by atoms with Gasteiger partial charge in [-0.05, 0) is 37.0 Å². The number of nitrogens with zero attached hydrogens (tertiary/aromatic N) is 1. The molecule has 1 aromatic carbocycles. The summed E-state index contributed by atoms with van der Waals surface area (Å²) in [4.78, 5) is 2.44. The molecule has 2 unspecified atom stereocenters. The lowest BCUT2D eigenvalue weighted by Gasteiger charge is -2.36. The fourth-order valence-electron chi connectivity index (χ4n) is 2.85. The Labute approximate surface area is 95.0 Å². The predicted octanol–water partition coefficient (Wildman–Crippen LogP) is 2.19. The van der Waals surface area contributed by atoms with E-state index in [4.69, 9.17) is 17.3 Å². The van der Waals surface area contributed by atoms with E-state index in [2.05, 4.69) is 17.0 Å². The lowest BCUT2D eigenvalue weighted by Crippen LogP contribution is -2.50. The fourth-order valence-corrected chi connectivity index (χ4v) is 3.02. The van der Waals surface area contributed by atoms with Crippen molar-refractivity contribution in [3.8, 4) is 0 Å². The minimum absolute atomic E-state index is 0.324. The Balaban J connectivity index is 2.01. The summed E-state index contributed by atoms with van der Waals surface area (Å²) in [5.41, 5.74) is 8.88.